The quantitative estimate of drug-likeness (QED) is 0.529. The zero-order valence-electron chi connectivity index (χ0n) is 6.69. The minimum Gasteiger partial charge on any atom is -0.253 e. The highest BCUT2D eigenvalue weighted by Gasteiger charge is 2.08. The van der Waals surface area contributed by atoms with Crippen LogP contribution in [0.2, 0.25) is 10.0 Å². The van der Waals surface area contributed by atoms with E-state index >= 15 is 0 Å². The monoisotopic (exact) mass is 449 g/mol. The van der Waals surface area contributed by atoms with Crippen molar-refractivity contribution in [2.45, 2.75) is 0 Å². The Morgan fingerprint density at radius 3 is 2.57 bits per heavy atom. The van der Waals surface area contributed by atoms with Crippen LogP contribution in [0.1, 0.15) is 0 Å². The van der Waals surface area contributed by atoms with Crippen molar-refractivity contribution in [2.24, 2.45) is 0 Å². The first-order chi connectivity index (χ1) is 6.59. The summed E-state index contributed by atoms with van der Waals surface area (Å²) >= 11 is 16.6. The second kappa shape index (κ2) is 4.27. The molecule has 2 aromatic rings. The van der Waals surface area contributed by atoms with Crippen LogP contribution in [-0.4, -0.2) is 4.98 Å². The number of rotatable bonds is 0. The average Bonchev–Trinajstić information content (AvgIpc) is 2.12. The van der Waals surface area contributed by atoms with Gasteiger partial charge in [0.05, 0.1) is 19.1 Å². The molecule has 0 aliphatic rings. The Kier molecular flexibility index (Phi) is 3.41. The normalized spacial score (nSPS) is 10.9. The predicted molar refractivity (Wildman–Crippen MR) is 77.2 cm³/mol. The predicted octanol–water partition coefficient (Wildman–Crippen LogP) is 4.75. The van der Waals surface area contributed by atoms with E-state index in [1.807, 2.05) is 12.1 Å². The maximum absolute atomic E-state index is 6.16. The van der Waals surface area contributed by atoms with E-state index in [0.29, 0.717) is 5.02 Å². The maximum atomic E-state index is 6.16. The van der Waals surface area contributed by atoms with Crippen LogP contribution in [0.15, 0.2) is 18.3 Å². The highest BCUT2D eigenvalue weighted by molar-refractivity contribution is 14.1. The number of pyridine rings is 1. The molecule has 0 fully saturated rings. The summed E-state index contributed by atoms with van der Waals surface area (Å²) in [6, 6.07) is 3.86. The minimum absolute atomic E-state index is 0.644. The fourth-order valence-corrected chi connectivity index (χ4v) is 2.87. The van der Waals surface area contributed by atoms with Crippen molar-refractivity contribution in [3.05, 3.63) is 35.5 Å². The van der Waals surface area contributed by atoms with Crippen molar-refractivity contribution in [3.8, 4) is 0 Å². The largest absolute Gasteiger partial charge is 0.253 e. The first-order valence-electron chi connectivity index (χ1n) is 3.68. The van der Waals surface area contributed by atoms with Crippen LogP contribution < -0.4 is 0 Å². The van der Waals surface area contributed by atoms with Gasteiger partial charge < -0.3 is 0 Å². The lowest BCUT2D eigenvalue weighted by Gasteiger charge is -2.04. The molecule has 0 saturated carbocycles. The van der Waals surface area contributed by atoms with Crippen LogP contribution in [0.5, 0.6) is 0 Å². The Balaban J connectivity index is 2.95. The van der Waals surface area contributed by atoms with E-state index in [1.54, 1.807) is 6.20 Å². The van der Waals surface area contributed by atoms with Crippen molar-refractivity contribution in [2.75, 3.05) is 0 Å². The summed E-state index contributed by atoms with van der Waals surface area (Å²) in [5.74, 6) is 0. The number of aromatic nitrogens is 1. The lowest BCUT2D eigenvalue weighted by Crippen LogP contribution is -1.86. The molecule has 0 saturated heterocycles. The molecular weight excluding hydrogens is 447 g/mol. The first kappa shape index (κ1) is 11.2. The molecule has 0 aliphatic carbocycles. The van der Waals surface area contributed by atoms with Crippen molar-refractivity contribution in [1.29, 1.82) is 0 Å². The van der Waals surface area contributed by atoms with E-state index in [1.165, 1.54) is 0 Å². The molecule has 72 valence electrons. The lowest BCUT2D eigenvalue weighted by molar-refractivity contribution is 1.38. The molecule has 0 amide bonds. The fourth-order valence-electron chi connectivity index (χ4n) is 1.17. The van der Waals surface area contributed by atoms with Crippen LogP contribution in [0.25, 0.3) is 10.9 Å². The van der Waals surface area contributed by atoms with Crippen molar-refractivity contribution >= 4 is 79.3 Å². The zero-order valence-corrected chi connectivity index (χ0v) is 12.5. The Morgan fingerprint density at radius 1 is 1.14 bits per heavy atom. The van der Waals surface area contributed by atoms with Gasteiger partial charge in [0.25, 0.3) is 0 Å². The number of hydrogen-bond donors (Lipinski definition) is 0. The topological polar surface area (TPSA) is 12.9 Å². The Bertz CT molecular complexity index is 514. The van der Waals surface area contributed by atoms with Gasteiger partial charge in [-0.3, -0.25) is 4.98 Å². The third kappa shape index (κ3) is 1.96. The van der Waals surface area contributed by atoms with Gasteiger partial charge in [-0.05, 0) is 57.3 Å². The molecule has 0 atom stereocenters. The summed E-state index contributed by atoms with van der Waals surface area (Å²) in [5.41, 5.74) is 0.762. The molecule has 5 heteroatoms. The molecule has 2 rings (SSSR count). The van der Waals surface area contributed by atoms with E-state index in [4.69, 9.17) is 23.2 Å². The molecule has 1 heterocycles. The van der Waals surface area contributed by atoms with Gasteiger partial charge in [0.15, 0.2) is 0 Å². The SMILES string of the molecule is Clc1c(I)cnc2c(Cl)cc(I)cc12. The average molecular weight is 450 g/mol. The molecule has 1 nitrogen and oxygen atoms in total. The van der Waals surface area contributed by atoms with Crippen LogP contribution in [-0.2, 0) is 0 Å². The molecule has 0 bridgehead atoms. The zero-order chi connectivity index (χ0) is 10.3. The summed E-state index contributed by atoms with van der Waals surface area (Å²) in [6.45, 7) is 0. The van der Waals surface area contributed by atoms with Crippen LogP contribution in [0.4, 0.5) is 0 Å². The molecule has 1 aromatic carbocycles. The summed E-state index contributed by atoms with van der Waals surface area (Å²) in [7, 11) is 0. The van der Waals surface area contributed by atoms with Gasteiger partial charge in [-0.25, -0.2) is 0 Å². The summed E-state index contributed by atoms with van der Waals surface area (Å²) in [6.07, 6.45) is 1.73. The van der Waals surface area contributed by atoms with Gasteiger partial charge in [-0.1, -0.05) is 23.2 Å². The molecule has 0 spiro atoms. The van der Waals surface area contributed by atoms with Crippen LogP contribution in [0.3, 0.4) is 0 Å². The highest BCUT2D eigenvalue weighted by Crippen LogP contribution is 2.32. The minimum atomic E-state index is 0.644. The number of benzene rings is 1. The second-order valence-corrected chi connectivity index (χ2v) is 5.90. The number of fused-ring (bicyclic) bond motifs is 1. The van der Waals surface area contributed by atoms with Crippen molar-refractivity contribution in [1.82, 2.24) is 4.98 Å². The summed E-state index contributed by atoms with van der Waals surface area (Å²) < 4.78 is 2.00. The van der Waals surface area contributed by atoms with Crippen molar-refractivity contribution in [3.63, 3.8) is 0 Å². The maximum Gasteiger partial charge on any atom is 0.0904 e. The van der Waals surface area contributed by atoms with Crippen LogP contribution >= 0.6 is 68.4 Å². The molecule has 1 aromatic heterocycles. The van der Waals surface area contributed by atoms with E-state index in [-0.39, 0.29) is 0 Å². The van der Waals surface area contributed by atoms with Gasteiger partial charge in [0.1, 0.15) is 0 Å². The number of halogens is 4. The second-order valence-electron chi connectivity index (χ2n) is 2.70. The number of nitrogens with zero attached hydrogens (tertiary/aromatic N) is 1. The summed E-state index contributed by atoms with van der Waals surface area (Å²) in [5, 5.41) is 2.27. The van der Waals surface area contributed by atoms with E-state index in [9.17, 15) is 0 Å². The van der Waals surface area contributed by atoms with E-state index in [2.05, 4.69) is 50.2 Å². The fraction of sp³-hybridized carbons (Fsp3) is 0. The number of hydrogen-bond acceptors (Lipinski definition) is 1. The standard InChI is InChI=1S/C9H3Cl2I2N/c10-6-2-4(12)1-5-8(11)7(13)3-14-9(5)6/h1-3H. The van der Waals surface area contributed by atoms with Gasteiger partial charge in [0.2, 0.25) is 0 Å². The lowest BCUT2D eigenvalue weighted by atomic mass is 10.2. The van der Waals surface area contributed by atoms with Gasteiger partial charge in [-0.2, -0.15) is 0 Å². The molecule has 14 heavy (non-hydrogen) atoms. The van der Waals surface area contributed by atoms with Gasteiger partial charge >= 0.3 is 0 Å². The molecular formula is C9H3Cl2I2N. The van der Waals surface area contributed by atoms with E-state index < -0.39 is 0 Å². The smallest absolute Gasteiger partial charge is 0.0904 e. The Hall–Kier alpha value is 0.670. The van der Waals surface area contributed by atoms with Gasteiger partial charge in [0, 0.05) is 15.2 Å². The van der Waals surface area contributed by atoms with Gasteiger partial charge in [-0.15, -0.1) is 0 Å². The third-order valence-corrected chi connectivity index (χ3v) is 4.24. The Morgan fingerprint density at radius 2 is 1.86 bits per heavy atom. The highest BCUT2D eigenvalue weighted by atomic mass is 127. The van der Waals surface area contributed by atoms with E-state index in [0.717, 1.165) is 23.1 Å². The summed E-state index contributed by atoms with van der Waals surface area (Å²) in [4.78, 5) is 4.26. The third-order valence-electron chi connectivity index (χ3n) is 1.78. The molecule has 0 radical (unpaired) electrons. The molecule has 0 unspecified atom stereocenters. The first-order valence-corrected chi connectivity index (χ1v) is 6.59. The molecule has 0 aliphatic heterocycles. The Labute approximate surface area is 118 Å². The van der Waals surface area contributed by atoms with Crippen LogP contribution in [0, 0.1) is 7.14 Å². The molecule has 0 N–H and O–H groups in total. The van der Waals surface area contributed by atoms with Crippen molar-refractivity contribution < 1.29 is 0 Å².